The molecule has 0 aromatic heterocycles. The van der Waals surface area contributed by atoms with Gasteiger partial charge in [-0.1, -0.05) is 31.2 Å². The van der Waals surface area contributed by atoms with Gasteiger partial charge < -0.3 is 15.0 Å². The van der Waals surface area contributed by atoms with Crippen molar-refractivity contribution in [3.63, 3.8) is 0 Å². The number of para-hydroxylation sites is 1. The van der Waals surface area contributed by atoms with Crippen LogP contribution in [0.15, 0.2) is 48.5 Å². The van der Waals surface area contributed by atoms with Gasteiger partial charge in [-0.3, -0.25) is 13.9 Å². The summed E-state index contributed by atoms with van der Waals surface area (Å²) in [5, 5.41) is 2.81. The quantitative estimate of drug-likeness (QED) is 0.449. The molecule has 0 saturated carbocycles. The zero-order valence-corrected chi connectivity index (χ0v) is 21.5. The predicted octanol–water partition coefficient (Wildman–Crippen LogP) is 3.32. The second-order valence-corrected chi connectivity index (χ2v) is 10.1. The maximum absolute atomic E-state index is 14.2. The Morgan fingerprint density at radius 1 is 1.14 bits per heavy atom. The topological polar surface area (TPSA) is 96.0 Å². The van der Waals surface area contributed by atoms with Crippen molar-refractivity contribution in [1.82, 2.24) is 10.2 Å². The fraction of sp³-hybridized carbons (Fsp3) is 0.440. The smallest absolute Gasteiger partial charge is 0.242 e. The van der Waals surface area contributed by atoms with Crippen molar-refractivity contribution in [2.45, 2.75) is 45.7 Å². The van der Waals surface area contributed by atoms with Gasteiger partial charge in [0.15, 0.2) is 0 Å². The van der Waals surface area contributed by atoms with Crippen LogP contribution in [0.4, 0.5) is 10.1 Å². The molecule has 0 fully saturated rings. The summed E-state index contributed by atoms with van der Waals surface area (Å²) in [5.41, 5.74) is 0.722. The van der Waals surface area contributed by atoms with Crippen LogP contribution in [-0.2, 0) is 26.2 Å². The number of hydrogen-bond acceptors (Lipinski definition) is 5. The highest BCUT2D eigenvalue weighted by Gasteiger charge is 2.27. The van der Waals surface area contributed by atoms with Crippen LogP contribution in [0.1, 0.15) is 38.7 Å². The van der Waals surface area contributed by atoms with E-state index in [0.29, 0.717) is 12.3 Å². The number of anilines is 1. The monoisotopic (exact) mass is 507 g/mol. The van der Waals surface area contributed by atoms with E-state index in [-0.39, 0.29) is 43.4 Å². The Morgan fingerprint density at radius 2 is 1.86 bits per heavy atom. The molecule has 0 aliphatic heterocycles. The first-order chi connectivity index (χ1) is 16.6. The van der Waals surface area contributed by atoms with Crippen LogP contribution < -0.4 is 14.4 Å². The number of nitrogens with one attached hydrogen (secondary N) is 1. The van der Waals surface area contributed by atoms with Gasteiger partial charge in [0.1, 0.15) is 17.6 Å². The number of methoxy groups -OCH3 is 1. The Balaban J connectivity index is 2.18. The Kier molecular flexibility index (Phi) is 10.5. The van der Waals surface area contributed by atoms with Gasteiger partial charge in [0.25, 0.3) is 0 Å². The Labute approximate surface area is 207 Å². The molecule has 0 heterocycles. The van der Waals surface area contributed by atoms with Crippen molar-refractivity contribution in [2.75, 3.05) is 30.8 Å². The fourth-order valence-corrected chi connectivity index (χ4v) is 4.55. The van der Waals surface area contributed by atoms with Crippen molar-refractivity contribution < 1.29 is 27.1 Å². The molecule has 0 radical (unpaired) electrons. The van der Waals surface area contributed by atoms with E-state index in [2.05, 4.69) is 5.32 Å². The first-order valence-corrected chi connectivity index (χ1v) is 13.4. The molecule has 1 N–H and O–H groups in total. The number of nitrogens with zero attached hydrogens (tertiary/aromatic N) is 2. The molecule has 2 aromatic carbocycles. The molecule has 8 nitrogen and oxygen atoms in total. The van der Waals surface area contributed by atoms with E-state index in [1.54, 1.807) is 38.3 Å². The van der Waals surface area contributed by atoms with E-state index in [0.717, 1.165) is 22.5 Å². The van der Waals surface area contributed by atoms with Gasteiger partial charge in [0.2, 0.25) is 21.8 Å². The van der Waals surface area contributed by atoms with Gasteiger partial charge in [-0.15, -0.1) is 0 Å². The third kappa shape index (κ3) is 8.24. The van der Waals surface area contributed by atoms with Crippen LogP contribution in [0.5, 0.6) is 5.75 Å². The van der Waals surface area contributed by atoms with Crippen molar-refractivity contribution >= 4 is 27.5 Å². The number of ether oxygens (including phenoxy) is 1. The highest BCUT2D eigenvalue weighted by Crippen LogP contribution is 2.22. The first-order valence-electron chi connectivity index (χ1n) is 11.5. The average molecular weight is 508 g/mol. The van der Waals surface area contributed by atoms with Crippen molar-refractivity contribution in [3.8, 4) is 5.75 Å². The molecular weight excluding hydrogens is 473 g/mol. The van der Waals surface area contributed by atoms with Crippen LogP contribution in [-0.4, -0.2) is 57.6 Å². The van der Waals surface area contributed by atoms with E-state index < -0.39 is 21.9 Å². The minimum atomic E-state index is -3.76. The van der Waals surface area contributed by atoms with Gasteiger partial charge in [-0.2, -0.15) is 0 Å². The summed E-state index contributed by atoms with van der Waals surface area (Å²) in [7, 11) is -2.22. The zero-order valence-electron chi connectivity index (χ0n) is 20.7. The molecule has 0 aliphatic carbocycles. The normalized spacial score (nSPS) is 12.0. The minimum Gasteiger partial charge on any atom is -0.497 e. The van der Waals surface area contributed by atoms with E-state index in [9.17, 15) is 22.4 Å². The van der Waals surface area contributed by atoms with Crippen molar-refractivity contribution in [2.24, 2.45) is 0 Å². The van der Waals surface area contributed by atoms with E-state index >= 15 is 0 Å². The minimum absolute atomic E-state index is 0.0180. The number of hydrogen-bond donors (Lipinski definition) is 1. The number of rotatable bonds is 13. The summed E-state index contributed by atoms with van der Waals surface area (Å²) in [6.07, 6.45) is 1.89. The number of carbonyl (C=O) groups excluding carboxylic acids is 2. The van der Waals surface area contributed by atoms with E-state index in [1.165, 1.54) is 23.1 Å². The molecule has 1 atom stereocenters. The maximum atomic E-state index is 14.2. The number of benzene rings is 2. The Bertz CT molecular complexity index is 1110. The van der Waals surface area contributed by atoms with Gasteiger partial charge in [-0.25, -0.2) is 12.8 Å². The van der Waals surface area contributed by atoms with Crippen LogP contribution >= 0.6 is 0 Å². The lowest BCUT2D eigenvalue weighted by molar-refractivity contribution is -0.140. The second-order valence-electron chi connectivity index (χ2n) is 8.23. The summed E-state index contributed by atoms with van der Waals surface area (Å²) in [5.74, 6) is -0.613. The SMILES string of the molecule is CCCNC(=O)C(C)N(Cc1cccc(OC)c1)C(=O)CCCN(c1ccccc1F)S(C)(=O)=O. The molecule has 0 aliphatic rings. The van der Waals surface area contributed by atoms with Crippen LogP contribution in [0, 0.1) is 5.82 Å². The van der Waals surface area contributed by atoms with E-state index in [4.69, 9.17) is 4.74 Å². The third-order valence-corrected chi connectivity index (χ3v) is 6.66. The molecule has 10 heteroatoms. The summed E-state index contributed by atoms with van der Waals surface area (Å²) < 4.78 is 45.0. The number of carbonyl (C=O) groups is 2. The Morgan fingerprint density at radius 3 is 2.49 bits per heavy atom. The van der Waals surface area contributed by atoms with E-state index in [1.807, 2.05) is 13.0 Å². The third-order valence-electron chi connectivity index (χ3n) is 5.48. The van der Waals surface area contributed by atoms with Gasteiger partial charge in [0, 0.05) is 26.1 Å². The van der Waals surface area contributed by atoms with Gasteiger partial charge in [0.05, 0.1) is 19.1 Å². The van der Waals surface area contributed by atoms with Crippen molar-refractivity contribution in [3.05, 3.63) is 59.9 Å². The Hall–Kier alpha value is -3.14. The molecule has 0 spiro atoms. The molecular formula is C25H34FN3O5S. The fourth-order valence-electron chi connectivity index (χ4n) is 3.58. The first kappa shape index (κ1) is 28.1. The van der Waals surface area contributed by atoms with Crippen LogP contribution in [0.3, 0.4) is 0 Å². The lowest BCUT2D eigenvalue weighted by Gasteiger charge is -2.29. The molecule has 1 unspecified atom stereocenters. The molecule has 2 aromatic rings. The summed E-state index contributed by atoms with van der Waals surface area (Å²) >= 11 is 0. The van der Waals surface area contributed by atoms with Crippen LogP contribution in [0.2, 0.25) is 0 Å². The van der Waals surface area contributed by atoms with Crippen LogP contribution in [0.25, 0.3) is 0 Å². The summed E-state index contributed by atoms with van der Waals surface area (Å²) in [6.45, 7) is 4.20. The zero-order chi connectivity index (χ0) is 26.0. The average Bonchev–Trinajstić information content (AvgIpc) is 2.83. The van der Waals surface area contributed by atoms with Gasteiger partial charge >= 0.3 is 0 Å². The molecule has 35 heavy (non-hydrogen) atoms. The predicted molar refractivity (Wildman–Crippen MR) is 134 cm³/mol. The maximum Gasteiger partial charge on any atom is 0.242 e. The number of sulfonamides is 1. The lowest BCUT2D eigenvalue weighted by atomic mass is 10.1. The molecule has 192 valence electrons. The molecule has 0 bridgehead atoms. The number of halogens is 1. The summed E-state index contributed by atoms with van der Waals surface area (Å²) in [6, 6.07) is 12.1. The lowest BCUT2D eigenvalue weighted by Crippen LogP contribution is -2.47. The molecule has 0 saturated heterocycles. The summed E-state index contributed by atoms with van der Waals surface area (Å²) in [4.78, 5) is 27.3. The largest absolute Gasteiger partial charge is 0.497 e. The molecule has 2 rings (SSSR count). The molecule has 2 amide bonds. The second kappa shape index (κ2) is 13.1. The number of amides is 2. The highest BCUT2D eigenvalue weighted by molar-refractivity contribution is 7.92. The van der Waals surface area contributed by atoms with Crippen molar-refractivity contribution in [1.29, 1.82) is 0 Å². The highest BCUT2D eigenvalue weighted by atomic mass is 32.2. The van der Waals surface area contributed by atoms with Gasteiger partial charge in [-0.05, 0) is 49.6 Å². The standard InChI is InChI=1S/C25H34FN3O5S/c1-5-15-27-25(31)19(2)28(18-20-10-8-11-21(17-20)34-3)24(30)14-9-16-29(35(4,32)33)23-13-7-6-12-22(23)26/h6-8,10-13,17,19H,5,9,14-16,18H2,1-4H3,(H,27,31).